The summed E-state index contributed by atoms with van der Waals surface area (Å²) in [7, 11) is 0. The Bertz CT molecular complexity index is 967. The highest BCUT2D eigenvalue weighted by Gasteiger charge is 2.26. The van der Waals surface area contributed by atoms with E-state index in [9.17, 15) is 4.79 Å². The van der Waals surface area contributed by atoms with Gasteiger partial charge in [-0.15, -0.1) is 0 Å². The van der Waals surface area contributed by atoms with Crippen LogP contribution in [0.4, 0.5) is 5.95 Å². The van der Waals surface area contributed by atoms with Crippen molar-refractivity contribution in [3.63, 3.8) is 0 Å². The number of hydrogen-bond donors (Lipinski definition) is 1. The molecule has 0 aliphatic carbocycles. The molecule has 1 amide bonds. The summed E-state index contributed by atoms with van der Waals surface area (Å²) in [4.78, 5) is 23.1. The molecule has 2 N–H and O–H groups in total. The van der Waals surface area contributed by atoms with Gasteiger partial charge in [0.25, 0.3) is 5.91 Å². The monoisotopic (exact) mass is 372 g/mol. The molecule has 1 aromatic heterocycles. The zero-order chi connectivity index (χ0) is 19.5. The molecule has 0 spiro atoms. The zero-order valence-corrected chi connectivity index (χ0v) is 16.0. The van der Waals surface area contributed by atoms with Crippen molar-refractivity contribution in [2.24, 2.45) is 0 Å². The molecule has 1 unspecified atom stereocenters. The number of aryl methyl sites for hydroxylation is 1. The Morgan fingerprint density at radius 1 is 1.04 bits per heavy atom. The quantitative estimate of drug-likeness (QED) is 0.753. The van der Waals surface area contributed by atoms with Crippen LogP contribution >= 0.6 is 0 Å². The number of hydrogen-bond acceptors (Lipinski definition) is 4. The largest absolute Gasteiger partial charge is 0.368 e. The SMILES string of the molecule is Cc1ccccc1C1CCCN(C(=O)c2ccc(-c3cnc(N)nc3)cc2)C1. The number of rotatable bonds is 3. The van der Waals surface area contributed by atoms with Crippen LogP contribution in [0.25, 0.3) is 11.1 Å². The number of amides is 1. The molecule has 1 saturated heterocycles. The van der Waals surface area contributed by atoms with E-state index < -0.39 is 0 Å². The van der Waals surface area contributed by atoms with E-state index in [2.05, 4.69) is 41.2 Å². The Kier molecular flexibility index (Phi) is 5.06. The standard InChI is InChI=1S/C23H24N4O/c1-16-5-2-3-7-21(16)19-6-4-12-27(15-19)22(28)18-10-8-17(9-11-18)20-13-25-23(24)26-14-20/h2-3,5,7-11,13-14,19H,4,6,12,15H2,1H3,(H2,24,25,26). The van der Waals surface area contributed by atoms with Crippen LogP contribution in [0.15, 0.2) is 60.9 Å². The fourth-order valence-corrected chi connectivity index (χ4v) is 3.94. The number of carbonyl (C=O) groups excluding carboxylic acids is 1. The number of aromatic nitrogens is 2. The summed E-state index contributed by atoms with van der Waals surface area (Å²) < 4.78 is 0. The lowest BCUT2D eigenvalue weighted by Gasteiger charge is -2.33. The lowest BCUT2D eigenvalue weighted by Crippen LogP contribution is -2.39. The van der Waals surface area contributed by atoms with Crippen molar-refractivity contribution < 1.29 is 4.79 Å². The van der Waals surface area contributed by atoms with Gasteiger partial charge in [0.2, 0.25) is 5.95 Å². The molecule has 142 valence electrons. The van der Waals surface area contributed by atoms with E-state index in [1.807, 2.05) is 29.2 Å². The minimum absolute atomic E-state index is 0.0957. The lowest BCUT2D eigenvalue weighted by molar-refractivity contribution is 0.0707. The molecule has 2 heterocycles. The maximum absolute atomic E-state index is 13.0. The highest BCUT2D eigenvalue weighted by Crippen LogP contribution is 2.30. The number of piperidine rings is 1. The van der Waals surface area contributed by atoms with E-state index in [1.54, 1.807) is 12.4 Å². The molecule has 0 radical (unpaired) electrons. The first-order valence-corrected chi connectivity index (χ1v) is 9.64. The molecule has 0 bridgehead atoms. The average molecular weight is 372 g/mol. The minimum Gasteiger partial charge on any atom is -0.368 e. The third kappa shape index (κ3) is 3.74. The number of nitrogens with two attached hydrogens (primary N) is 1. The highest BCUT2D eigenvalue weighted by atomic mass is 16.2. The van der Waals surface area contributed by atoms with E-state index in [-0.39, 0.29) is 11.9 Å². The summed E-state index contributed by atoms with van der Waals surface area (Å²) in [5.41, 5.74) is 10.8. The first kappa shape index (κ1) is 18.2. The van der Waals surface area contributed by atoms with Crippen molar-refractivity contribution in [3.05, 3.63) is 77.6 Å². The molecule has 1 aliphatic rings. The molecule has 3 aromatic rings. The number of anilines is 1. The fourth-order valence-electron chi connectivity index (χ4n) is 3.94. The van der Waals surface area contributed by atoms with Crippen LogP contribution < -0.4 is 5.73 Å². The van der Waals surface area contributed by atoms with Crippen LogP contribution in [0.2, 0.25) is 0 Å². The van der Waals surface area contributed by atoms with Crippen LogP contribution in [-0.2, 0) is 0 Å². The van der Waals surface area contributed by atoms with Crippen LogP contribution in [0.5, 0.6) is 0 Å². The first-order chi connectivity index (χ1) is 13.6. The topological polar surface area (TPSA) is 72.1 Å². The van der Waals surface area contributed by atoms with Crippen molar-refractivity contribution >= 4 is 11.9 Å². The number of nitrogen functional groups attached to an aromatic ring is 1. The van der Waals surface area contributed by atoms with Crippen molar-refractivity contribution in [2.75, 3.05) is 18.8 Å². The van der Waals surface area contributed by atoms with Gasteiger partial charge in [-0.25, -0.2) is 9.97 Å². The first-order valence-electron chi connectivity index (χ1n) is 9.64. The average Bonchev–Trinajstić information content (AvgIpc) is 2.74. The Labute approximate surface area is 165 Å². The number of carbonyl (C=O) groups is 1. The van der Waals surface area contributed by atoms with Crippen LogP contribution in [0, 0.1) is 6.92 Å². The Balaban J connectivity index is 1.49. The molecule has 28 heavy (non-hydrogen) atoms. The highest BCUT2D eigenvalue weighted by molar-refractivity contribution is 5.94. The predicted octanol–water partition coefficient (Wildman–Crippen LogP) is 4.05. The fraction of sp³-hybridized carbons (Fsp3) is 0.261. The van der Waals surface area contributed by atoms with Gasteiger partial charge in [0.1, 0.15) is 0 Å². The van der Waals surface area contributed by atoms with Gasteiger partial charge < -0.3 is 10.6 Å². The van der Waals surface area contributed by atoms with E-state index in [0.717, 1.165) is 37.1 Å². The van der Waals surface area contributed by atoms with Gasteiger partial charge in [-0.1, -0.05) is 36.4 Å². The van der Waals surface area contributed by atoms with Crippen LogP contribution in [-0.4, -0.2) is 33.9 Å². The van der Waals surface area contributed by atoms with E-state index >= 15 is 0 Å². The summed E-state index contributed by atoms with van der Waals surface area (Å²) in [6.45, 7) is 3.74. The summed E-state index contributed by atoms with van der Waals surface area (Å²) in [6, 6.07) is 16.1. The third-order valence-electron chi connectivity index (χ3n) is 5.47. The Hall–Kier alpha value is -3.21. The van der Waals surface area contributed by atoms with Crippen molar-refractivity contribution in [1.82, 2.24) is 14.9 Å². The molecule has 5 heteroatoms. The summed E-state index contributed by atoms with van der Waals surface area (Å²) in [5.74, 6) is 0.757. The zero-order valence-electron chi connectivity index (χ0n) is 16.0. The van der Waals surface area contributed by atoms with E-state index in [0.29, 0.717) is 11.5 Å². The molecular formula is C23H24N4O. The van der Waals surface area contributed by atoms with Gasteiger partial charge in [-0.3, -0.25) is 4.79 Å². The van der Waals surface area contributed by atoms with Gasteiger partial charge in [0.05, 0.1) is 0 Å². The third-order valence-corrected chi connectivity index (χ3v) is 5.47. The second-order valence-electron chi connectivity index (χ2n) is 7.35. The molecule has 4 rings (SSSR count). The normalized spacial score (nSPS) is 16.8. The van der Waals surface area contributed by atoms with Gasteiger partial charge >= 0.3 is 0 Å². The maximum Gasteiger partial charge on any atom is 0.253 e. The van der Waals surface area contributed by atoms with Gasteiger partial charge in [-0.05, 0) is 48.6 Å². The van der Waals surface area contributed by atoms with Gasteiger partial charge in [-0.2, -0.15) is 0 Å². The molecule has 1 fully saturated rings. The predicted molar refractivity (Wildman–Crippen MR) is 111 cm³/mol. The number of likely N-dealkylation sites (tertiary alicyclic amines) is 1. The summed E-state index contributed by atoms with van der Waals surface area (Å²) in [5, 5.41) is 0. The smallest absolute Gasteiger partial charge is 0.253 e. The Morgan fingerprint density at radius 3 is 2.46 bits per heavy atom. The van der Waals surface area contributed by atoms with E-state index in [4.69, 9.17) is 5.73 Å². The Morgan fingerprint density at radius 2 is 1.75 bits per heavy atom. The molecule has 0 saturated carbocycles. The van der Waals surface area contributed by atoms with Crippen LogP contribution in [0.1, 0.15) is 40.2 Å². The number of nitrogens with zero attached hydrogens (tertiary/aromatic N) is 3. The minimum atomic E-state index is 0.0957. The van der Waals surface area contributed by atoms with Gasteiger partial charge in [0.15, 0.2) is 0 Å². The van der Waals surface area contributed by atoms with Crippen LogP contribution in [0.3, 0.4) is 0 Å². The number of benzene rings is 2. The van der Waals surface area contributed by atoms with Gasteiger partial charge in [0, 0.05) is 42.5 Å². The molecule has 1 atom stereocenters. The van der Waals surface area contributed by atoms with Crippen molar-refractivity contribution in [3.8, 4) is 11.1 Å². The maximum atomic E-state index is 13.0. The summed E-state index contributed by atoms with van der Waals surface area (Å²) >= 11 is 0. The lowest BCUT2D eigenvalue weighted by atomic mass is 9.88. The molecule has 2 aromatic carbocycles. The molecule has 5 nitrogen and oxygen atoms in total. The second kappa shape index (κ2) is 7.80. The molecule has 1 aliphatic heterocycles. The van der Waals surface area contributed by atoms with Crippen molar-refractivity contribution in [1.29, 1.82) is 0 Å². The summed E-state index contributed by atoms with van der Waals surface area (Å²) in [6.07, 6.45) is 5.55. The van der Waals surface area contributed by atoms with Crippen molar-refractivity contribution in [2.45, 2.75) is 25.7 Å². The second-order valence-corrected chi connectivity index (χ2v) is 7.35. The molecular weight excluding hydrogens is 348 g/mol. The van der Waals surface area contributed by atoms with E-state index in [1.165, 1.54) is 11.1 Å².